The van der Waals surface area contributed by atoms with Crippen molar-refractivity contribution in [3.8, 4) is 0 Å². The van der Waals surface area contributed by atoms with Gasteiger partial charge in [0.05, 0.1) is 17.7 Å². The van der Waals surface area contributed by atoms with Crippen LogP contribution in [0.15, 0.2) is 24.4 Å². The number of fused-ring (bicyclic) bond motifs is 6. The monoisotopic (exact) mass is 494 g/mol. The van der Waals surface area contributed by atoms with E-state index in [-0.39, 0.29) is 28.9 Å². The summed E-state index contributed by atoms with van der Waals surface area (Å²) in [5.41, 5.74) is 1.25. The molecule has 0 saturated heterocycles. The Morgan fingerprint density at radius 3 is 2.64 bits per heavy atom. The highest BCUT2D eigenvalue weighted by atomic mass is 19.1. The van der Waals surface area contributed by atoms with Gasteiger partial charge in [-0.2, -0.15) is 0 Å². The lowest BCUT2D eigenvalue weighted by Crippen LogP contribution is -2.58. The molecule has 36 heavy (non-hydrogen) atoms. The summed E-state index contributed by atoms with van der Waals surface area (Å²) in [4.78, 5) is 9.21. The molecule has 0 spiro atoms. The Bertz CT molecular complexity index is 1120. The summed E-state index contributed by atoms with van der Waals surface area (Å²) in [5.74, 6) is 3.86. The van der Waals surface area contributed by atoms with E-state index >= 15 is 0 Å². The second kappa shape index (κ2) is 9.01. The smallest absolute Gasteiger partial charge is 0.128 e. The van der Waals surface area contributed by atoms with E-state index in [4.69, 9.17) is 0 Å². The van der Waals surface area contributed by atoms with Crippen molar-refractivity contribution in [2.75, 3.05) is 0 Å². The molecule has 2 N–H and O–H groups in total. The van der Waals surface area contributed by atoms with Crippen LogP contribution in [-0.4, -0.2) is 32.4 Å². The lowest BCUT2D eigenvalue weighted by atomic mass is 9.43. The van der Waals surface area contributed by atoms with Crippen molar-refractivity contribution in [3.63, 3.8) is 0 Å². The second-order valence-electron chi connectivity index (χ2n) is 13.5. The number of aliphatic hydroxyl groups excluding tert-OH is 2. The van der Waals surface area contributed by atoms with Crippen LogP contribution in [0.3, 0.4) is 0 Å². The Hall–Kier alpha value is -1.59. The van der Waals surface area contributed by atoms with E-state index in [1.165, 1.54) is 37.8 Å². The lowest BCUT2D eigenvalue weighted by molar-refractivity contribution is -0.174. The van der Waals surface area contributed by atoms with Gasteiger partial charge in [0, 0.05) is 24.1 Å². The maximum absolute atomic E-state index is 13.7. The van der Waals surface area contributed by atoms with Crippen molar-refractivity contribution in [2.24, 2.45) is 46.3 Å². The van der Waals surface area contributed by atoms with Gasteiger partial charge in [0.15, 0.2) is 0 Å². The van der Waals surface area contributed by atoms with Crippen molar-refractivity contribution in [1.82, 2.24) is 9.97 Å². The maximum atomic E-state index is 13.7. The maximum Gasteiger partial charge on any atom is 0.128 e. The molecular formula is C31H43FN2O2. The molecule has 1 aromatic heterocycles. The summed E-state index contributed by atoms with van der Waals surface area (Å²) >= 11 is 0. The average Bonchev–Trinajstić information content (AvgIpc) is 3.20. The van der Waals surface area contributed by atoms with Crippen molar-refractivity contribution >= 4 is 10.9 Å². The van der Waals surface area contributed by atoms with E-state index in [2.05, 4.69) is 30.7 Å². The van der Waals surface area contributed by atoms with Crippen LogP contribution in [-0.2, 0) is 6.42 Å². The van der Waals surface area contributed by atoms with E-state index in [1.54, 1.807) is 6.07 Å². The number of halogens is 1. The molecule has 2 aromatic rings. The van der Waals surface area contributed by atoms with Gasteiger partial charge in [-0.05, 0) is 116 Å². The minimum absolute atomic E-state index is 0.178. The third-order valence-electron chi connectivity index (χ3n) is 11.8. The number of aryl methyl sites for hydroxylation is 1. The Kier molecular flexibility index (Phi) is 6.19. The number of benzene rings is 1. The third kappa shape index (κ3) is 3.91. The predicted octanol–water partition coefficient (Wildman–Crippen LogP) is 6.33. The van der Waals surface area contributed by atoms with Gasteiger partial charge in [-0.25, -0.2) is 14.4 Å². The van der Waals surface area contributed by atoms with Crippen LogP contribution in [0.25, 0.3) is 10.9 Å². The lowest BCUT2D eigenvalue weighted by Gasteiger charge is -2.62. The SMILES string of the molecule is C[C@H](CCc1ncc2ccc(F)cc2n1)[C@H]1CC[C@H]2[C@H]3C(CC[C@]12C)[C@@]1(C)CC[C@@H](O)C[C@H]1C[C@H]3O. The molecule has 4 aliphatic carbocycles. The van der Waals surface area contributed by atoms with Gasteiger partial charge in [0.2, 0.25) is 0 Å². The molecule has 10 atom stereocenters. The van der Waals surface area contributed by atoms with Crippen LogP contribution in [0.4, 0.5) is 4.39 Å². The first-order valence-electron chi connectivity index (χ1n) is 14.5. The third-order valence-corrected chi connectivity index (χ3v) is 11.8. The van der Waals surface area contributed by atoms with Gasteiger partial charge in [0.25, 0.3) is 0 Å². The first-order valence-corrected chi connectivity index (χ1v) is 14.5. The summed E-state index contributed by atoms with van der Waals surface area (Å²) in [6, 6.07) is 4.70. The molecule has 0 aliphatic heterocycles. The average molecular weight is 495 g/mol. The van der Waals surface area contributed by atoms with Crippen LogP contribution in [0.1, 0.15) is 84.4 Å². The molecule has 4 aliphatic rings. The minimum atomic E-state index is -0.254. The number of aliphatic hydroxyl groups is 2. The predicted molar refractivity (Wildman–Crippen MR) is 140 cm³/mol. The van der Waals surface area contributed by atoms with Gasteiger partial charge < -0.3 is 10.2 Å². The highest BCUT2D eigenvalue weighted by Gasteiger charge is 2.62. The first-order chi connectivity index (χ1) is 17.2. The summed E-state index contributed by atoms with van der Waals surface area (Å²) in [7, 11) is 0. The van der Waals surface area contributed by atoms with E-state index in [1.807, 2.05) is 6.20 Å². The number of aromatic nitrogens is 2. The first kappa shape index (κ1) is 24.7. The van der Waals surface area contributed by atoms with Crippen molar-refractivity contribution < 1.29 is 14.6 Å². The fourth-order valence-corrected chi connectivity index (χ4v) is 9.89. The number of hydrogen-bond acceptors (Lipinski definition) is 4. The summed E-state index contributed by atoms with van der Waals surface area (Å²) < 4.78 is 13.7. The Labute approximate surface area is 215 Å². The Balaban J connectivity index is 1.17. The molecule has 4 fully saturated rings. The summed E-state index contributed by atoms with van der Waals surface area (Å²) in [6.07, 6.45) is 12.1. The molecule has 1 unspecified atom stereocenters. The van der Waals surface area contributed by atoms with Crippen LogP contribution in [0.2, 0.25) is 0 Å². The highest BCUT2D eigenvalue weighted by Crippen LogP contribution is 2.68. The van der Waals surface area contributed by atoms with E-state index in [0.29, 0.717) is 41.0 Å². The van der Waals surface area contributed by atoms with Gasteiger partial charge in [-0.15, -0.1) is 0 Å². The molecule has 6 rings (SSSR count). The standard InChI is InChI=1S/C31H43FN2O2/c1-18(4-9-28-33-17-19-5-6-21(32)16-26(19)34-28)23-7-8-24-29-25(11-13-31(23,24)3)30(2)12-10-22(35)14-20(30)15-27(29)36/h5-6,16-18,20,22-25,27,29,35-36H,4,7-15H2,1-3H3/t18-,20+,22-,23-,24+,25?,27-,29+,30+,31-/m1/s1. The fraction of sp³-hybridized carbons (Fsp3) is 0.742. The van der Waals surface area contributed by atoms with Gasteiger partial charge in [-0.3, -0.25) is 0 Å². The van der Waals surface area contributed by atoms with Crippen molar-refractivity contribution in [2.45, 2.75) is 97.2 Å². The van der Waals surface area contributed by atoms with Crippen LogP contribution in [0.5, 0.6) is 0 Å². The van der Waals surface area contributed by atoms with Crippen molar-refractivity contribution in [3.05, 3.63) is 36.0 Å². The van der Waals surface area contributed by atoms with E-state index in [9.17, 15) is 14.6 Å². The second-order valence-corrected chi connectivity index (χ2v) is 13.5. The van der Waals surface area contributed by atoms with E-state index in [0.717, 1.165) is 49.7 Å². The van der Waals surface area contributed by atoms with Gasteiger partial charge in [0.1, 0.15) is 11.6 Å². The van der Waals surface area contributed by atoms with E-state index < -0.39 is 0 Å². The molecule has 4 nitrogen and oxygen atoms in total. The molecule has 0 radical (unpaired) electrons. The van der Waals surface area contributed by atoms with Crippen LogP contribution < -0.4 is 0 Å². The molecule has 196 valence electrons. The topological polar surface area (TPSA) is 66.2 Å². The molecule has 0 amide bonds. The molecule has 0 bridgehead atoms. The Morgan fingerprint density at radius 2 is 1.81 bits per heavy atom. The molecule has 4 saturated carbocycles. The number of rotatable bonds is 4. The summed E-state index contributed by atoms with van der Waals surface area (Å²) in [6.45, 7) is 7.42. The van der Waals surface area contributed by atoms with Gasteiger partial charge in [-0.1, -0.05) is 20.8 Å². The molecule has 5 heteroatoms. The van der Waals surface area contributed by atoms with Crippen LogP contribution >= 0.6 is 0 Å². The molecule has 1 heterocycles. The minimum Gasteiger partial charge on any atom is -0.393 e. The molecule has 1 aromatic carbocycles. The zero-order chi connectivity index (χ0) is 25.2. The number of nitrogens with zero attached hydrogens (tertiary/aromatic N) is 2. The zero-order valence-corrected chi connectivity index (χ0v) is 22.2. The fourth-order valence-electron chi connectivity index (χ4n) is 9.89. The van der Waals surface area contributed by atoms with Crippen LogP contribution in [0, 0.1) is 52.2 Å². The normalized spacial score (nSPS) is 43.0. The Morgan fingerprint density at radius 1 is 1.03 bits per heavy atom. The zero-order valence-electron chi connectivity index (χ0n) is 22.2. The highest BCUT2D eigenvalue weighted by molar-refractivity contribution is 5.77. The quantitative estimate of drug-likeness (QED) is 0.521. The van der Waals surface area contributed by atoms with Gasteiger partial charge >= 0.3 is 0 Å². The summed E-state index contributed by atoms with van der Waals surface area (Å²) in [5, 5.41) is 22.7. The largest absolute Gasteiger partial charge is 0.393 e. The number of hydrogen-bond donors (Lipinski definition) is 2. The van der Waals surface area contributed by atoms with Crippen molar-refractivity contribution in [1.29, 1.82) is 0 Å². The molecular weight excluding hydrogens is 451 g/mol.